The molecule has 2 rings (SSSR count). The number of pyridine rings is 1. The van der Waals surface area contributed by atoms with E-state index in [0.29, 0.717) is 11.6 Å². The number of ether oxygens (including phenoxy) is 1. The van der Waals surface area contributed by atoms with Gasteiger partial charge in [-0.2, -0.15) is 0 Å². The maximum Gasteiger partial charge on any atom is 0.237 e. The number of rotatable bonds is 2. The van der Waals surface area contributed by atoms with Crippen LogP contribution in [0.1, 0.15) is 19.5 Å². The summed E-state index contributed by atoms with van der Waals surface area (Å²) >= 11 is 0. The van der Waals surface area contributed by atoms with E-state index in [1.807, 2.05) is 20.8 Å². The van der Waals surface area contributed by atoms with Crippen LogP contribution in [-0.2, 0) is 0 Å². The molecular formula is C12H15N3O. The van der Waals surface area contributed by atoms with Crippen LogP contribution in [0.2, 0.25) is 0 Å². The minimum absolute atomic E-state index is 0.488. The molecule has 0 spiro atoms. The average molecular weight is 217 g/mol. The molecule has 84 valence electrons. The molecule has 0 aliphatic carbocycles. The standard InChI is InChI=1S/C10H9N3O.C2H6/c1-8-6-13-10(7-12-8)14-9-2-4-11-5-3-9;1-2/h2-7H,1H3;1-2H3. The van der Waals surface area contributed by atoms with Gasteiger partial charge in [0.2, 0.25) is 5.88 Å². The molecular weight excluding hydrogens is 202 g/mol. The Bertz CT molecular complexity index is 400. The molecule has 2 heterocycles. The second kappa shape index (κ2) is 6.50. The van der Waals surface area contributed by atoms with E-state index >= 15 is 0 Å². The highest BCUT2D eigenvalue weighted by Crippen LogP contribution is 2.16. The molecule has 0 fully saturated rings. The molecule has 2 aromatic heterocycles. The highest BCUT2D eigenvalue weighted by Gasteiger charge is 1.97. The molecule has 0 radical (unpaired) electrons. The zero-order valence-electron chi connectivity index (χ0n) is 9.71. The van der Waals surface area contributed by atoms with Gasteiger partial charge in [-0.3, -0.25) is 9.97 Å². The van der Waals surface area contributed by atoms with Gasteiger partial charge in [-0.15, -0.1) is 0 Å². The summed E-state index contributed by atoms with van der Waals surface area (Å²) in [6.07, 6.45) is 6.58. The summed E-state index contributed by atoms with van der Waals surface area (Å²) in [6, 6.07) is 3.53. The third-order valence-corrected chi connectivity index (χ3v) is 1.63. The van der Waals surface area contributed by atoms with E-state index < -0.39 is 0 Å². The molecule has 0 aromatic carbocycles. The Morgan fingerprint density at radius 2 is 1.69 bits per heavy atom. The van der Waals surface area contributed by atoms with Crippen LogP contribution in [0.15, 0.2) is 36.9 Å². The predicted octanol–water partition coefficient (Wildman–Crippen LogP) is 3.00. The van der Waals surface area contributed by atoms with Crippen LogP contribution in [0.4, 0.5) is 0 Å². The second-order valence-electron chi connectivity index (χ2n) is 2.78. The van der Waals surface area contributed by atoms with Gasteiger partial charge in [0.1, 0.15) is 5.75 Å². The molecule has 0 aliphatic rings. The van der Waals surface area contributed by atoms with Crippen molar-refractivity contribution in [3.05, 3.63) is 42.6 Å². The fourth-order valence-electron chi connectivity index (χ4n) is 0.960. The Labute approximate surface area is 95.4 Å². The zero-order chi connectivity index (χ0) is 11.8. The molecule has 0 amide bonds. The van der Waals surface area contributed by atoms with Crippen molar-refractivity contribution >= 4 is 0 Å². The van der Waals surface area contributed by atoms with Crippen LogP contribution >= 0.6 is 0 Å². The van der Waals surface area contributed by atoms with E-state index in [4.69, 9.17) is 4.74 Å². The smallest absolute Gasteiger partial charge is 0.237 e. The maximum atomic E-state index is 5.42. The largest absolute Gasteiger partial charge is 0.437 e. The van der Waals surface area contributed by atoms with Crippen LogP contribution in [0.5, 0.6) is 11.6 Å². The van der Waals surface area contributed by atoms with Crippen molar-refractivity contribution in [2.45, 2.75) is 20.8 Å². The van der Waals surface area contributed by atoms with E-state index in [2.05, 4.69) is 15.0 Å². The number of nitrogens with zero attached hydrogens (tertiary/aromatic N) is 3. The van der Waals surface area contributed by atoms with Crippen molar-refractivity contribution < 1.29 is 4.74 Å². The Morgan fingerprint density at radius 3 is 2.25 bits per heavy atom. The first-order valence-electron chi connectivity index (χ1n) is 5.21. The molecule has 0 aliphatic heterocycles. The molecule has 0 saturated carbocycles. The Hall–Kier alpha value is -1.97. The average Bonchev–Trinajstić information content (AvgIpc) is 2.36. The van der Waals surface area contributed by atoms with Crippen LogP contribution in [0.3, 0.4) is 0 Å². The quantitative estimate of drug-likeness (QED) is 0.775. The van der Waals surface area contributed by atoms with Crippen molar-refractivity contribution in [2.24, 2.45) is 0 Å². The SMILES string of the molecule is CC.Cc1cnc(Oc2ccncc2)cn1. The van der Waals surface area contributed by atoms with Gasteiger partial charge in [-0.05, 0) is 19.1 Å². The van der Waals surface area contributed by atoms with Crippen molar-refractivity contribution in [3.63, 3.8) is 0 Å². The molecule has 2 aromatic rings. The summed E-state index contributed by atoms with van der Waals surface area (Å²) in [7, 11) is 0. The molecule has 0 atom stereocenters. The highest BCUT2D eigenvalue weighted by atomic mass is 16.5. The Balaban J connectivity index is 0.000000606. The molecule has 0 N–H and O–H groups in total. The number of aromatic nitrogens is 3. The summed E-state index contributed by atoms with van der Waals surface area (Å²) in [6.45, 7) is 5.88. The molecule has 0 bridgehead atoms. The lowest BCUT2D eigenvalue weighted by molar-refractivity contribution is 0.459. The van der Waals surface area contributed by atoms with Gasteiger partial charge >= 0.3 is 0 Å². The van der Waals surface area contributed by atoms with Crippen molar-refractivity contribution in [1.82, 2.24) is 15.0 Å². The summed E-state index contributed by atoms with van der Waals surface area (Å²) < 4.78 is 5.42. The first-order chi connectivity index (χ1) is 7.84. The van der Waals surface area contributed by atoms with Crippen molar-refractivity contribution in [2.75, 3.05) is 0 Å². The summed E-state index contributed by atoms with van der Waals surface area (Å²) in [5.41, 5.74) is 0.868. The van der Waals surface area contributed by atoms with Gasteiger partial charge in [0.05, 0.1) is 18.1 Å². The Kier molecular flexibility index (Phi) is 4.92. The minimum Gasteiger partial charge on any atom is -0.437 e. The second-order valence-corrected chi connectivity index (χ2v) is 2.78. The first-order valence-corrected chi connectivity index (χ1v) is 5.21. The van der Waals surface area contributed by atoms with Crippen molar-refractivity contribution in [1.29, 1.82) is 0 Å². The summed E-state index contributed by atoms with van der Waals surface area (Å²) in [4.78, 5) is 12.0. The lowest BCUT2D eigenvalue weighted by Crippen LogP contribution is -1.90. The van der Waals surface area contributed by atoms with Crippen LogP contribution in [0.25, 0.3) is 0 Å². The van der Waals surface area contributed by atoms with Gasteiger partial charge in [0.25, 0.3) is 0 Å². The Morgan fingerprint density at radius 1 is 1.00 bits per heavy atom. The van der Waals surface area contributed by atoms with Gasteiger partial charge in [0, 0.05) is 12.4 Å². The van der Waals surface area contributed by atoms with E-state index in [0.717, 1.165) is 5.69 Å². The van der Waals surface area contributed by atoms with E-state index in [9.17, 15) is 0 Å². The molecule has 16 heavy (non-hydrogen) atoms. The third kappa shape index (κ3) is 3.65. The van der Waals surface area contributed by atoms with E-state index in [-0.39, 0.29) is 0 Å². The maximum absolute atomic E-state index is 5.42. The highest BCUT2D eigenvalue weighted by molar-refractivity contribution is 5.22. The zero-order valence-corrected chi connectivity index (χ0v) is 9.71. The lowest BCUT2D eigenvalue weighted by Gasteiger charge is -2.02. The molecule has 0 unspecified atom stereocenters. The molecule has 4 heteroatoms. The summed E-state index contributed by atoms with van der Waals surface area (Å²) in [5, 5.41) is 0. The fraction of sp³-hybridized carbons (Fsp3) is 0.250. The lowest BCUT2D eigenvalue weighted by atomic mass is 10.4. The third-order valence-electron chi connectivity index (χ3n) is 1.63. The number of hydrogen-bond donors (Lipinski definition) is 0. The molecule has 4 nitrogen and oxygen atoms in total. The van der Waals surface area contributed by atoms with Gasteiger partial charge in [-0.25, -0.2) is 4.98 Å². The minimum atomic E-state index is 0.488. The predicted molar refractivity (Wildman–Crippen MR) is 62.4 cm³/mol. The topological polar surface area (TPSA) is 47.9 Å². The number of hydrogen-bond acceptors (Lipinski definition) is 4. The normalized spacial score (nSPS) is 8.94. The van der Waals surface area contributed by atoms with Crippen LogP contribution in [0, 0.1) is 6.92 Å². The van der Waals surface area contributed by atoms with Gasteiger partial charge < -0.3 is 4.74 Å². The number of aryl methyl sites for hydroxylation is 1. The summed E-state index contributed by atoms with van der Waals surface area (Å²) in [5.74, 6) is 1.19. The van der Waals surface area contributed by atoms with Gasteiger partial charge in [-0.1, -0.05) is 13.8 Å². The van der Waals surface area contributed by atoms with E-state index in [1.54, 1.807) is 36.9 Å². The van der Waals surface area contributed by atoms with Crippen LogP contribution in [-0.4, -0.2) is 15.0 Å². The van der Waals surface area contributed by atoms with Gasteiger partial charge in [0.15, 0.2) is 0 Å². The first kappa shape index (κ1) is 12.1. The fourth-order valence-corrected chi connectivity index (χ4v) is 0.960. The van der Waals surface area contributed by atoms with Crippen LogP contribution < -0.4 is 4.74 Å². The monoisotopic (exact) mass is 217 g/mol. The molecule has 0 saturated heterocycles. The van der Waals surface area contributed by atoms with E-state index in [1.165, 1.54) is 0 Å². The van der Waals surface area contributed by atoms with Crippen molar-refractivity contribution in [3.8, 4) is 11.6 Å².